The van der Waals surface area contributed by atoms with Crippen LogP contribution in [0.5, 0.6) is 0 Å². The summed E-state index contributed by atoms with van der Waals surface area (Å²) in [5.41, 5.74) is -0.462. The molecule has 1 fully saturated rings. The topological polar surface area (TPSA) is 77.4 Å². The number of imidazole rings is 1. The minimum atomic E-state index is -0.462. The first-order chi connectivity index (χ1) is 8.60. The van der Waals surface area contributed by atoms with Crippen molar-refractivity contribution in [2.75, 3.05) is 0 Å². The summed E-state index contributed by atoms with van der Waals surface area (Å²) in [6.07, 6.45) is 5.91. The quantitative estimate of drug-likeness (QED) is 0.877. The molecule has 5 nitrogen and oxygen atoms in total. The molecular formula is C13H17N5. The van der Waals surface area contributed by atoms with E-state index in [9.17, 15) is 5.26 Å². The molecule has 1 N–H and O–H groups in total. The molecule has 1 aromatic heterocycles. The summed E-state index contributed by atoms with van der Waals surface area (Å²) in [6.45, 7) is 4.09. The zero-order valence-electron chi connectivity index (χ0n) is 10.7. The molecule has 1 aromatic rings. The Morgan fingerprint density at radius 2 is 2.33 bits per heavy atom. The van der Waals surface area contributed by atoms with Gasteiger partial charge in [0.05, 0.1) is 6.07 Å². The average Bonchev–Trinajstić information content (AvgIpc) is 2.94. The SMILES string of the molecule is CC(C)NC1(C#N)CCC(n2ccnc2C#N)C1. The minimum absolute atomic E-state index is 0.188. The number of aromatic nitrogens is 2. The van der Waals surface area contributed by atoms with Crippen LogP contribution in [-0.4, -0.2) is 21.1 Å². The van der Waals surface area contributed by atoms with Gasteiger partial charge in [-0.15, -0.1) is 0 Å². The van der Waals surface area contributed by atoms with Crippen molar-refractivity contribution in [2.24, 2.45) is 0 Å². The Balaban J connectivity index is 2.18. The van der Waals surface area contributed by atoms with E-state index in [4.69, 9.17) is 5.26 Å². The lowest BCUT2D eigenvalue weighted by Gasteiger charge is -2.25. The smallest absolute Gasteiger partial charge is 0.212 e. The molecule has 1 heterocycles. The Morgan fingerprint density at radius 3 is 2.94 bits per heavy atom. The maximum atomic E-state index is 9.40. The zero-order valence-corrected chi connectivity index (χ0v) is 10.7. The van der Waals surface area contributed by atoms with Gasteiger partial charge in [0.1, 0.15) is 11.6 Å². The highest BCUT2D eigenvalue weighted by molar-refractivity contribution is 5.18. The van der Waals surface area contributed by atoms with Crippen LogP contribution in [0.4, 0.5) is 0 Å². The first kappa shape index (κ1) is 12.6. The van der Waals surface area contributed by atoms with Crippen LogP contribution < -0.4 is 5.32 Å². The van der Waals surface area contributed by atoms with Crippen molar-refractivity contribution < 1.29 is 0 Å². The highest BCUT2D eigenvalue weighted by Crippen LogP contribution is 2.38. The third kappa shape index (κ3) is 2.23. The van der Waals surface area contributed by atoms with E-state index in [2.05, 4.69) is 22.4 Å². The van der Waals surface area contributed by atoms with Crippen LogP contribution in [0.2, 0.25) is 0 Å². The maximum absolute atomic E-state index is 9.40. The normalized spacial score (nSPS) is 27.1. The van der Waals surface area contributed by atoms with Gasteiger partial charge in [-0.3, -0.25) is 5.32 Å². The summed E-state index contributed by atoms with van der Waals surface area (Å²) < 4.78 is 1.89. The molecule has 2 unspecified atom stereocenters. The average molecular weight is 243 g/mol. The van der Waals surface area contributed by atoms with Crippen LogP contribution in [0.15, 0.2) is 12.4 Å². The fraction of sp³-hybridized carbons (Fsp3) is 0.615. The van der Waals surface area contributed by atoms with Crippen molar-refractivity contribution in [1.82, 2.24) is 14.9 Å². The molecule has 94 valence electrons. The largest absolute Gasteiger partial charge is 0.319 e. The van der Waals surface area contributed by atoms with Gasteiger partial charge in [-0.1, -0.05) is 0 Å². The molecule has 0 aromatic carbocycles. The van der Waals surface area contributed by atoms with Gasteiger partial charge in [-0.25, -0.2) is 4.98 Å². The number of nitrogens with zero attached hydrogens (tertiary/aromatic N) is 4. The van der Waals surface area contributed by atoms with Gasteiger partial charge in [0.25, 0.3) is 0 Å². The van der Waals surface area contributed by atoms with E-state index in [0.717, 1.165) is 19.3 Å². The molecule has 18 heavy (non-hydrogen) atoms. The molecule has 1 saturated carbocycles. The van der Waals surface area contributed by atoms with E-state index in [1.165, 1.54) is 0 Å². The standard InChI is InChI=1S/C13H17N5/c1-10(2)17-13(9-15)4-3-11(7-13)18-6-5-16-12(18)8-14/h5-6,10-11,17H,3-4,7H2,1-2H3. The Morgan fingerprint density at radius 1 is 1.56 bits per heavy atom. The van der Waals surface area contributed by atoms with Gasteiger partial charge >= 0.3 is 0 Å². The monoisotopic (exact) mass is 243 g/mol. The molecule has 2 atom stereocenters. The Hall–Kier alpha value is -1.85. The highest BCUT2D eigenvalue weighted by atomic mass is 15.1. The molecule has 0 radical (unpaired) electrons. The van der Waals surface area contributed by atoms with Gasteiger partial charge in [-0.2, -0.15) is 10.5 Å². The molecule has 0 saturated heterocycles. The predicted octanol–water partition coefficient (Wildman–Crippen LogP) is 1.74. The van der Waals surface area contributed by atoms with Crippen LogP contribution in [0.3, 0.4) is 0 Å². The van der Waals surface area contributed by atoms with Crippen molar-refractivity contribution in [3.8, 4) is 12.1 Å². The molecule has 0 bridgehead atoms. The summed E-state index contributed by atoms with van der Waals surface area (Å²) in [7, 11) is 0. The Kier molecular flexibility index (Phi) is 3.36. The van der Waals surface area contributed by atoms with E-state index in [-0.39, 0.29) is 12.1 Å². The minimum Gasteiger partial charge on any atom is -0.319 e. The molecule has 0 amide bonds. The molecule has 1 aliphatic rings. The number of nitrogens with one attached hydrogen (secondary N) is 1. The first-order valence-electron chi connectivity index (χ1n) is 6.22. The predicted molar refractivity (Wildman–Crippen MR) is 66.4 cm³/mol. The van der Waals surface area contributed by atoms with Gasteiger partial charge < -0.3 is 4.57 Å². The Labute approximate surface area is 107 Å². The van der Waals surface area contributed by atoms with Crippen molar-refractivity contribution in [1.29, 1.82) is 10.5 Å². The van der Waals surface area contributed by atoms with Crippen LogP contribution in [0.1, 0.15) is 45.0 Å². The molecule has 1 aliphatic carbocycles. The lowest BCUT2D eigenvalue weighted by molar-refractivity contribution is 0.368. The van der Waals surface area contributed by atoms with E-state index >= 15 is 0 Å². The third-order valence-corrected chi connectivity index (χ3v) is 3.43. The van der Waals surface area contributed by atoms with Crippen LogP contribution in [-0.2, 0) is 0 Å². The van der Waals surface area contributed by atoms with Crippen molar-refractivity contribution in [2.45, 2.75) is 50.7 Å². The fourth-order valence-electron chi connectivity index (χ4n) is 2.77. The Bertz CT molecular complexity index is 504. The van der Waals surface area contributed by atoms with Crippen molar-refractivity contribution in [3.63, 3.8) is 0 Å². The fourth-order valence-corrected chi connectivity index (χ4v) is 2.77. The highest BCUT2D eigenvalue weighted by Gasteiger charge is 2.40. The maximum Gasteiger partial charge on any atom is 0.212 e. The number of hydrogen-bond donors (Lipinski definition) is 1. The summed E-state index contributed by atoms with van der Waals surface area (Å²) in [6, 6.07) is 4.96. The van der Waals surface area contributed by atoms with Gasteiger partial charge in [0.2, 0.25) is 5.82 Å². The van der Waals surface area contributed by atoms with E-state index in [0.29, 0.717) is 5.82 Å². The van der Waals surface area contributed by atoms with Crippen molar-refractivity contribution >= 4 is 0 Å². The number of rotatable bonds is 3. The van der Waals surface area contributed by atoms with Gasteiger partial charge in [-0.05, 0) is 33.1 Å². The van der Waals surface area contributed by atoms with Crippen LogP contribution >= 0.6 is 0 Å². The molecular weight excluding hydrogens is 226 g/mol. The molecule has 0 aliphatic heterocycles. The second kappa shape index (κ2) is 4.80. The summed E-state index contributed by atoms with van der Waals surface area (Å²) in [5, 5.41) is 21.7. The number of hydrogen-bond acceptors (Lipinski definition) is 4. The van der Waals surface area contributed by atoms with E-state index in [1.807, 2.05) is 24.6 Å². The van der Waals surface area contributed by atoms with E-state index < -0.39 is 5.54 Å². The second-order valence-corrected chi connectivity index (χ2v) is 5.16. The van der Waals surface area contributed by atoms with Crippen molar-refractivity contribution in [3.05, 3.63) is 18.2 Å². The third-order valence-electron chi connectivity index (χ3n) is 3.43. The van der Waals surface area contributed by atoms with Gasteiger partial charge in [0.15, 0.2) is 0 Å². The second-order valence-electron chi connectivity index (χ2n) is 5.16. The summed E-state index contributed by atoms with van der Waals surface area (Å²) >= 11 is 0. The zero-order chi connectivity index (χ0) is 13.2. The van der Waals surface area contributed by atoms with Gasteiger partial charge in [0, 0.05) is 24.5 Å². The van der Waals surface area contributed by atoms with Crippen LogP contribution in [0.25, 0.3) is 0 Å². The lowest BCUT2D eigenvalue weighted by atomic mass is 9.98. The summed E-state index contributed by atoms with van der Waals surface area (Å²) in [4.78, 5) is 4.01. The number of nitriles is 2. The van der Waals surface area contributed by atoms with Crippen LogP contribution in [0, 0.1) is 22.7 Å². The first-order valence-corrected chi connectivity index (χ1v) is 6.22. The van der Waals surface area contributed by atoms with E-state index in [1.54, 1.807) is 6.20 Å². The molecule has 2 rings (SSSR count). The summed E-state index contributed by atoms with van der Waals surface area (Å²) in [5.74, 6) is 0.429. The molecule has 5 heteroatoms. The molecule has 0 spiro atoms. The lowest BCUT2D eigenvalue weighted by Crippen LogP contribution is -2.45.